The molecule has 0 aliphatic carbocycles. The number of aromatic amines is 2. The molecule has 6 aromatic rings. The Balaban J connectivity index is 1.48. The molecule has 6 rings (SSSR count). The molecule has 8 nitrogen and oxygen atoms in total. The van der Waals surface area contributed by atoms with Crippen LogP contribution >= 0.6 is 0 Å². The SMILES string of the molecule is CC(C)Nc1cncc(-c2cc(F)c3[nH]nc(-c4nc5c(-c6ccncc6)ccnc5[nH]4)c3c2)c1. The minimum Gasteiger partial charge on any atom is -0.382 e. The summed E-state index contributed by atoms with van der Waals surface area (Å²) in [6, 6.07) is 11.4. The van der Waals surface area contributed by atoms with Crippen molar-refractivity contribution >= 4 is 27.8 Å². The maximum Gasteiger partial charge on any atom is 0.160 e. The number of hydrogen-bond acceptors (Lipinski definition) is 6. The fraction of sp³-hybridized carbons (Fsp3) is 0.115. The predicted octanol–water partition coefficient (Wildman–Crippen LogP) is 5.58. The number of benzene rings is 1. The van der Waals surface area contributed by atoms with Gasteiger partial charge in [-0.05, 0) is 61.4 Å². The Labute approximate surface area is 199 Å². The molecule has 1 aromatic carbocycles. The molecule has 0 unspecified atom stereocenters. The van der Waals surface area contributed by atoms with Crippen LogP contribution in [0.25, 0.3) is 55.8 Å². The fourth-order valence-corrected chi connectivity index (χ4v) is 4.22. The van der Waals surface area contributed by atoms with Gasteiger partial charge in [-0.3, -0.25) is 15.1 Å². The van der Waals surface area contributed by atoms with Crippen molar-refractivity contribution in [2.24, 2.45) is 0 Å². The third-order valence-electron chi connectivity index (χ3n) is 5.75. The molecule has 172 valence electrons. The second-order valence-electron chi connectivity index (χ2n) is 8.59. The number of pyridine rings is 3. The predicted molar refractivity (Wildman–Crippen MR) is 134 cm³/mol. The molecule has 0 saturated carbocycles. The molecule has 0 aliphatic heterocycles. The Morgan fingerprint density at radius 2 is 1.77 bits per heavy atom. The first-order valence-electron chi connectivity index (χ1n) is 11.2. The van der Waals surface area contributed by atoms with Crippen molar-refractivity contribution in [1.82, 2.24) is 35.1 Å². The van der Waals surface area contributed by atoms with Crippen molar-refractivity contribution < 1.29 is 4.39 Å². The van der Waals surface area contributed by atoms with Gasteiger partial charge in [0.05, 0.1) is 5.69 Å². The summed E-state index contributed by atoms with van der Waals surface area (Å²) in [5, 5.41) is 11.2. The van der Waals surface area contributed by atoms with Crippen LogP contribution in [0.5, 0.6) is 0 Å². The molecule has 3 N–H and O–H groups in total. The number of H-pyrrole nitrogens is 2. The zero-order valence-corrected chi connectivity index (χ0v) is 19.0. The van der Waals surface area contributed by atoms with Gasteiger partial charge in [0.25, 0.3) is 0 Å². The summed E-state index contributed by atoms with van der Waals surface area (Å²) in [6.45, 7) is 4.11. The van der Waals surface area contributed by atoms with Gasteiger partial charge in [-0.1, -0.05) is 0 Å². The van der Waals surface area contributed by atoms with Crippen molar-refractivity contribution in [3.63, 3.8) is 0 Å². The molecular formula is C26H21FN8. The van der Waals surface area contributed by atoms with Crippen LogP contribution in [0, 0.1) is 5.82 Å². The van der Waals surface area contributed by atoms with Gasteiger partial charge in [0.2, 0.25) is 0 Å². The number of fused-ring (bicyclic) bond motifs is 2. The molecule has 9 heteroatoms. The summed E-state index contributed by atoms with van der Waals surface area (Å²) in [5.41, 5.74) is 6.44. The lowest BCUT2D eigenvalue weighted by molar-refractivity contribution is 0.636. The van der Waals surface area contributed by atoms with Gasteiger partial charge in [-0.15, -0.1) is 0 Å². The topological polar surface area (TPSA) is 108 Å². The van der Waals surface area contributed by atoms with Crippen LogP contribution in [0.15, 0.2) is 67.4 Å². The minimum atomic E-state index is -0.398. The Morgan fingerprint density at radius 3 is 2.60 bits per heavy atom. The normalized spacial score (nSPS) is 11.5. The number of nitrogens with zero attached hydrogens (tertiary/aromatic N) is 5. The number of aromatic nitrogens is 7. The smallest absolute Gasteiger partial charge is 0.160 e. The van der Waals surface area contributed by atoms with Gasteiger partial charge in [0.1, 0.15) is 22.5 Å². The maximum absolute atomic E-state index is 15.1. The summed E-state index contributed by atoms with van der Waals surface area (Å²) in [7, 11) is 0. The van der Waals surface area contributed by atoms with Crippen LogP contribution in [0.3, 0.4) is 0 Å². The Morgan fingerprint density at radius 1 is 0.914 bits per heavy atom. The molecule has 0 spiro atoms. The fourth-order valence-electron chi connectivity index (χ4n) is 4.22. The number of nitrogens with one attached hydrogen (secondary N) is 3. The van der Waals surface area contributed by atoms with Crippen molar-refractivity contribution in [1.29, 1.82) is 0 Å². The number of hydrogen-bond donors (Lipinski definition) is 3. The van der Waals surface area contributed by atoms with Gasteiger partial charge in [0.15, 0.2) is 11.5 Å². The summed E-state index contributed by atoms with van der Waals surface area (Å²) in [5.74, 6) is 0.107. The van der Waals surface area contributed by atoms with Gasteiger partial charge in [0, 0.05) is 53.5 Å². The van der Waals surface area contributed by atoms with E-state index in [9.17, 15) is 0 Å². The lowest BCUT2D eigenvalue weighted by atomic mass is 10.0. The van der Waals surface area contributed by atoms with Crippen LogP contribution in [-0.2, 0) is 0 Å². The Bertz CT molecular complexity index is 1670. The van der Waals surface area contributed by atoms with Gasteiger partial charge < -0.3 is 10.3 Å². The molecule has 0 radical (unpaired) electrons. The molecule has 0 bridgehead atoms. The van der Waals surface area contributed by atoms with Crippen molar-refractivity contribution in [2.45, 2.75) is 19.9 Å². The highest BCUT2D eigenvalue weighted by Gasteiger charge is 2.18. The monoisotopic (exact) mass is 464 g/mol. The van der Waals surface area contributed by atoms with Crippen molar-refractivity contribution in [3.05, 3.63) is 73.2 Å². The van der Waals surface area contributed by atoms with Gasteiger partial charge in [-0.2, -0.15) is 5.10 Å². The average Bonchev–Trinajstić information content (AvgIpc) is 3.48. The quantitative estimate of drug-likeness (QED) is 0.307. The molecular weight excluding hydrogens is 443 g/mol. The third kappa shape index (κ3) is 3.76. The Kier molecular flexibility index (Phi) is 4.95. The summed E-state index contributed by atoms with van der Waals surface area (Å²) >= 11 is 0. The van der Waals surface area contributed by atoms with E-state index in [1.54, 1.807) is 31.0 Å². The molecule has 0 saturated heterocycles. The molecule has 0 atom stereocenters. The second-order valence-corrected chi connectivity index (χ2v) is 8.59. The standard InChI is InChI=1S/C26H21FN8/c1-14(2)31-18-9-17(12-29-13-18)16-10-20-22(21(27)11-16)34-35-24(20)26-32-23-19(5-8-30-25(23)33-26)15-3-6-28-7-4-15/h3-14,31H,1-2H3,(H,34,35)(H,30,32,33). The van der Waals surface area contributed by atoms with Crippen LogP contribution in [0.1, 0.15) is 13.8 Å². The molecule has 0 aliphatic rings. The highest BCUT2D eigenvalue weighted by Crippen LogP contribution is 2.34. The highest BCUT2D eigenvalue weighted by molar-refractivity contribution is 5.97. The van der Waals surface area contributed by atoms with E-state index in [2.05, 4.69) is 49.3 Å². The Hall–Kier alpha value is -4.66. The summed E-state index contributed by atoms with van der Waals surface area (Å²) < 4.78 is 15.1. The third-order valence-corrected chi connectivity index (χ3v) is 5.75. The number of rotatable bonds is 5. The van der Waals surface area contributed by atoms with E-state index in [0.717, 1.165) is 22.4 Å². The molecule has 5 aromatic heterocycles. The van der Waals surface area contributed by atoms with E-state index in [1.165, 1.54) is 6.07 Å². The van der Waals surface area contributed by atoms with Crippen molar-refractivity contribution in [3.8, 4) is 33.8 Å². The summed E-state index contributed by atoms with van der Waals surface area (Å²) in [6.07, 6.45) is 8.68. The molecule has 35 heavy (non-hydrogen) atoms. The zero-order chi connectivity index (χ0) is 23.9. The van der Waals surface area contributed by atoms with E-state index in [0.29, 0.717) is 39.1 Å². The second kappa shape index (κ2) is 8.28. The number of halogens is 1. The first-order valence-corrected chi connectivity index (χ1v) is 11.2. The van der Waals surface area contributed by atoms with E-state index in [1.807, 2.05) is 30.3 Å². The molecule has 5 heterocycles. The first-order chi connectivity index (χ1) is 17.1. The zero-order valence-electron chi connectivity index (χ0n) is 19.0. The van der Waals surface area contributed by atoms with E-state index in [4.69, 9.17) is 4.98 Å². The molecule has 0 amide bonds. The molecule has 0 fully saturated rings. The lowest BCUT2D eigenvalue weighted by Gasteiger charge is -2.11. The van der Waals surface area contributed by atoms with Crippen molar-refractivity contribution in [2.75, 3.05) is 5.32 Å². The van der Waals surface area contributed by atoms with Crippen LogP contribution in [0.4, 0.5) is 10.1 Å². The van der Waals surface area contributed by atoms with E-state index < -0.39 is 5.82 Å². The number of imidazole rings is 1. The lowest BCUT2D eigenvalue weighted by Crippen LogP contribution is -2.09. The average molecular weight is 465 g/mol. The first kappa shape index (κ1) is 20.9. The number of anilines is 1. The highest BCUT2D eigenvalue weighted by atomic mass is 19.1. The van der Waals surface area contributed by atoms with Crippen LogP contribution in [-0.4, -0.2) is 41.2 Å². The summed E-state index contributed by atoms with van der Waals surface area (Å²) in [4.78, 5) is 20.9. The largest absolute Gasteiger partial charge is 0.382 e. The van der Waals surface area contributed by atoms with E-state index >= 15 is 4.39 Å². The minimum absolute atomic E-state index is 0.255. The van der Waals surface area contributed by atoms with Crippen LogP contribution < -0.4 is 5.32 Å². The van der Waals surface area contributed by atoms with Gasteiger partial charge >= 0.3 is 0 Å². The maximum atomic E-state index is 15.1. The van der Waals surface area contributed by atoms with Crippen LogP contribution in [0.2, 0.25) is 0 Å². The van der Waals surface area contributed by atoms with E-state index in [-0.39, 0.29) is 6.04 Å². The van der Waals surface area contributed by atoms with Gasteiger partial charge in [-0.25, -0.2) is 14.4 Å².